The van der Waals surface area contributed by atoms with Gasteiger partial charge in [-0.3, -0.25) is 0 Å². The first-order valence-electron chi connectivity index (χ1n) is 2.43. The summed E-state index contributed by atoms with van der Waals surface area (Å²) in [5.74, 6) is 1.39. The van der Waals surface area contributed by atoms with Gasteiger partial charge in [0.15, 0.2) is 5.76 Å². The van der Waals surface area contributed by atoms with Crippen molar-refractivity contribution in [2.75, 3.05) is 0 Å². The van der Waals surface area contributed by atoms with Crippen LogP contribution in [-0.2, 0) is 11.8 Å². The summed E-state index contributed by atoms with van der Waals surface area (Å²) in [6, 6.07) is 1.74. The fraction of sp³-hybridized carbons (Fsp3) is 0.400. The minimum absolute atomic E-state index is 0.351. The van der Waals surface area contributed by atoms with Gasteiger partial charge in [-0.25, -0.2) is 0 Å². The summed E-state index contributed by atoms with van der Waals surface area (Å²) in [4.78, 5) is 0. The first kappa shape index (κ1) is 6.90. The second-order valence-corrected chi connectivity index (χ2v) is 2.09. The third-order valence-corrected chi connectivity index (χ3v) is 1.41. The molecule has 0 spiro atoms. The lowest BCUT2D eigenvalue weighted by atomic mass is 10.4. The van der Waals surface area contributed by atoms with Gasteiger partial charge in [0.1, 0.15) is 0 Å². The average molecular weight is 166 g/mol. The number of hydrogen-bond donors (Lipinski definition) is 0. The summed E-state index contributed by atoms with van der Waals surface area (Å²) >= 11 is 10.9. The maximum atomic E-state index is 5.43. The standard InChI is InChI=1S/C5H5Cl2NO/c6-2-4-1-5(3-7)9-8-4/h1H,2-3H2. The summed E-state index contributed by atoms with van der Waals surface area (Å²) in [6.07, 6.45) is 0. The monoisotopic (exact) mass is 165 g/mol. The first-order chi connectivity index (χ1) is 4.36. The molecule has 0 aromatic carbocycles. The molecule has 0 atom stereocenters. The van der Waals surface area contributed by atoms with Gasteiger partial charge in [-0.1, -0.05) is 5.16 Å². The second kappa shape index (κ2) is 3.08. The molecule has 0 saturated carbocycles. The molecule has 0 aliphatic carbocycles. The van der Waals surface area contributed by atoms with Crippen LogP contribution in [0.5, 0.6) is 0 Å². The maximum Gasteiger partial charge on any atom is 0.151 e. The van der Waals surface area contributed by atoms with Crippen LogP contribution in [0.4, 0.5) is 0 Å². The molecule has 1 heterocycles. The van der Waals surface area contributed by atoms with E-state index < -0.39 is 0 Å². The van der Waals surface area contributed by atoms with Gasteiger partial charge in [-0.2, -0.15) is 0 Å². The van der Waals surface area contributed by atoms with E-state index in [1.165, 1.54) is 0 Å². The van der Waals surface area contributed by atoms with Gasteiger partial charge in [0.25, 0.3) is 0 Å². The molecule has 0 radical (unpaired) electrons. The van der Waals surface area contributed by atoms with Crippen LogP contribution in [0.15, 0.2) is 10.6 Å². The van der Waals surface area contributed by atoms with Crippen LogP contribution < -0.4 is 0 Å². The predicted octanol–water partition coefficient (Wildman–Crippen LogP) is 2.15. The van der Waals surface area contributed by atoms with Crippen molar-refractivity contribution in [2.24, 2.45) is 0 Å². The van der Waals surface area contributed by atoms with Crippen LogP contribution >= 0.6 is 23.2 Å². The van der Waals surface area contributed by atoms with Gasteiger partial charge in [-0.05, 0) is 0 Å². The topological polar surface area (TPSA) is 26.0 Å². The van der Waals surface area contributed by atoms with E-state index in [1.807, 2.05) is 0 Å². The van der Waals surface area contributed by atoms with Crippen molar-refractivity contribution in [3.8, 4) is 0 Å². The Labute approximate surface area is 62.7 Å². The van der Waals surface area contributed by atoms with Crippen molar-refractivity contribution >= 4 is 23.2 Å². The zero-order chi connectivity index (χ0) is 6.69. The van der Waals surface area contributed by atoms with Crippen molar-refractivity contribution in [2.45, 2.75) is 11.8 Å². The van der Waals surface area contributed by atoms with E-state index in [4.69, 9.17) is 27.7 Å². The Kier molecular flexibility index (Phi) is 2.37. The highest BCUT2D eigenvalue weighted by atomic mass is 35.5. The number of hydrogen-bond acceptors (Lipinski definition) is 2. The smallest absolute Gasteiger partial charge is 0.151 e. The lowest BCUT2D eigenvalue weighted by Gasteiger charge is -1.75. The molecule has 0 unspecified atom stereocenters. The Morgan fingerprint density at radius 2 is 2.22 bits per heavy atom. The molecule has 1 rings (SSSR count). The van der Waals surface area contributed by atoms with Crippen molar-refractivity contribution in [1.82, 2.24) is 5.16 Å². The van der Waals surface area contributed by atoms with Gasteiger partial charge in [0.05, 0.1) is 17.5 Å². The summed E-state index contributed by atoms with van der Waals surface area (Å²) in [6.45, 7) is 0. The van der Waals surface area contributed by atoms with E-state index in [0.29, 0.717) is 17.5 Å². The highest BCUT2D eigenvalue weighted by molar-refractivity contribution is 6.17. The van der Waals surface area contributed by atoms with Crippen LogP contribution in [0, 0.1) is 0 Å². The van der Waals surface area contributed by atoms with E-state index >= 15 is 0 Å². The molecule has 0 bridgehead atoms. The number of halogens is 2. The summed E-state index contributed by atoms with van der Waals surface area (Å²) in [5.41, 5.74) is 0.729. The molecule has 4 heteroatoms. The Morgan fingerprint density at radius 1 is 1.44 bits per heavy atom. The highest BCUT2D eigenvalue weighted by Gasteiger charge is 1.99. The Morgan fingerprint density at radius 3 is 2.56 bits per heavy atom. The summed E-state index contributed by atoms with van der Waals surface area (Å²) < 4.78 is 4.74. The third-order valence-electron chi connectivity index (χ3n) is 0.876. The molecule has 1 aromatic rings. The lowest BCUT2D eigenvalue weighted by molar-refractivity contribution is 0.389. The normalized spacial score (nSPS) is 10.0. The Hall–Kier alpha value is -0.210. The molecule has 0 amide bonds. The Balaban J connectivity index is 2.74. The molecule has 9 heavy (non-hydrogen) atoms. The SMILES string of the molecule is ClCc1cc(CCl)on1. The van der Waals surface area contributed by atoms with Crippen molar-refractivity contribution in [1.29, 1.82) is 0 Å². The number of rotatable bonds is 2. The minimum atomic E-state index is 0.351. The van der Waals surface area contributed by atoms with Crippen molar-refractivity contribution in [3.05, 3.63) is 17.5 Å². The summed E-state index contributed by atoms with van der Waals surface area (Å²) in [5, 5.41) is 3.61. The molecule has 0 aliphatic heterocycles. The maximum absolute atomic E-state index is 5.43. The van der Waals surface area contributed by atoms with Gasteiger partial charge < -0.3 is 4.52 Å². The van der Waals surface area contributed by atoms with E-state index in [2.05, 4.69) is 5.16 Å². The molecule has 0 saturated heterocycles. The van der Waals surface area contributed by atoms with E-state index in [1.54, 1.807) is 6.07 Å². The molecule has 1 aromatic heterocycles. The highest BCUT2D eigenvalue weighted by Crippen LogP contribution is 2.07. The van der Waals surface area contributed by atoms with Gasteiger partial charge in [0.2, 0.25) is 0 Å². The largest absolute Gasteiger partial charge is 0.360 e. The zero-order valence-corrected chi connectivity index (χ0v) is 6.11. The van der Waals surface area contributed by atoms with Crippen LogP contribution in [0.2, 0.25) is 0 Å². The quantitative estimate of drug-likeness (QED) is 0.629. The molecule has 0 aliphatic rings. The fourth-order valence-electron chi connectivity index (χ4n) is 0.482. The molecule has 0 N–H and O–H groups in total. The van der Waals surface area contributed by atoms with Gasteiger partial charge in [-0.15, -0.1) is 23.2 Å². The van der Waals surface area contributed by atoms with Crippen LogP contribution in [0.3, 0.4) is 0 Å². The minimum Gasteiger partial charge on any atom is -0.360 e. The zero-order valence-electron chi connectivity index (χ0n) is 4.60. The van der Waals surface area contributed by atoms with E-state index in [0.717, 1.165) is 5.69 Å². The van der Waals surface area contributed by atoms with E-state index in [-0.39, 0.29) is 0 Å². The molecule has 0 fully saturated rings. The van der Waals surface area contributed by atoms with E-state index in [9.17, 15) is 0 Å². The van der Waals surface area contributed by atoms with Gasteiger partial charge in [0, 0.05) is 6.07 Å². The average Bonchev–Trinajstić information content (AvgIpc) is 2.34. The van der Waals surface area contributed by atoms with Crippen LogP contribution in [0.25, 0.3) is 0 Å². The second-order valence-electron chi connectivity index (χ2n) is 1.55. The molecule has 50 valence electrons. The first-order valence-corrected chi connectivity index (χ1v) is 3.50. The fourth-order valence-corrected chi connectivity index (χ4v) is 0.734. The molecular weight excluding hydrogens is 161 g/mol. The number of aromatic nitrogens is 1. The lowest BCUT2D eigenvalue weighted by Crippen LogP contribution is -1.71. The van der Waals surface area contributed by atoms with Crippen LogP contribution in [-0.4, -0.2) is 5.16 Å². The number of alkyl halides is 2. The predicted molar refractivity (Wildman–Crippen MR) is 35.6 cm³/mol. The number of nitrogens with zero attached hydrogens (tertiary/aromatic N) is 1. The van der Waals surface area contributed by atoms with Crippen molar-refractivity contribution < 1.29 is 4.52 Å². The van der Waals surface area contributed by atoms with Gasteiger partial charge >= 0.3 is 0 Å². The molecular formula is C5H5Cl2NO. The third kappa shape index (κ3) is 1.60. The van der Waals surface area contributed by atoms with Crippen molar-refractivity contribution in [3.63, 3.8) is 0 Å². The Bertz CT molecular complexity index is 168. The van der Waals surface area contributed by atoms with Crippen LogP contribution in [0.1, 0.15) is 11.5 Å². The summed E-state index contributed by atoms with van der Waals surface area (Å²) in [7, 11) is 0. The molecule has 2 nitrogen and oxygen atoms in total.